The lowest BCUT2D eigenvalue weighted by Gasteiger charge is -2.08. The number of hydrogen-bond donors (Lipinski definition) is 1. The van der Waals surface area contributed by atoms with E-state index in [-0.39, 0.29) is 24.2 Å². The highest BCUT2D eigenvalue weighted by molar-refractivity contribution is 5.94. The molecule has 0 aliphatic rings. The fourth-order valence-electron chi connectivity index (χ4n) is 2.61. The third-order valence-corrected chi connectivity index (χ3v) is 4.21. The Morgan fingerprint density at radius 3 is 2.44 bits per heavy atom. The van der Waals surface area contributed by atoms with Crippen molar-refractivity contribution in [2.24, 2.45) is 0 Å². The number of carbonyl (C=O) groups excluding carboxylic acids is 1. The summed E-state index contributed by atoms with van der Waals surface area (Å²) in [5, 5.41) is 6.52. The Hall–Kier alpha value is -4.28. The lowest BCUT2D eigenvalue weighted by atomic mass is 10.2. The molecule has 1 amide bonds. The summed E-state index contributed by atoms with van der Waals surface area (Å²) >= 11 is 0. The summed E-state index contributed by atoms with van der Waals surface area (Å²) in [6, 6.07) is 11.5. The van der Waals surface area contributed by atoms with Gasteiger partial charge in [-0.15, -0.1) is 0 Å². The Balaban J connectivity index is 1.33. The maximum absolute atomic E-state index is 12.6. The predicted octanol–water partition coefficient (Wildman–Crippen LogP) is 4.27. The second-order valence-electron chi connectivity index (χ2n) is 6.44. The highest BCUT2D eigenvalue weighted by Gasteiger charge is 2.30. The molecule has 162 valence electrons. The number of carbonyl (C=O) groups is 1. The Kier molecular flexibility index (Phi) is 5.79. The van der Waals surface area contributed by atoms with Crippen LogP contribution in [0.1, 0.15) is 21.8 Å². The van der Waals surface area contributed by atoms with Crippen molar-refractivity contribution in [1.29, 1.82) is 0 Å². The maximum atomic E-state index is 12.6. The minimum atomic E-state index is -4.47. The molecule has 0 aliphatic heterocycles. The van der Waals surface area contributed by atoms with Crippen molar-refractivity contribution in [2.75, 3.05) is 0 Å². The molecular weight excluding hydrogens is 427 g/mol. The van der Waals surface area contributed by atoms with E-state index in [2.05, 4.69) is 25.4 Å². The zero-order valence-corrected chi connectivity index (χ0v) is 16.2. The Morgan fingerprint density at radius 2 is 1.78 bits per heavy atom. The summed E-state index contributed by atoms with van der Waals surface area (Å²) in [6.45, 7) is 0.0324. The topological polar surface area (TPSA) is 103 Å². The van der Waals surface area contributed by atoms with Crippen molar-refractivity contribution >= 4 is 5.91 Å². The molecule has 0 spiro atoms. The van der Waals surface area contributed by atoms with Crippen molar-refractivity contribution in [3.63, 3.8) is 0 Å². The first kappa shape index (κ1) is 21.0. The van der Waals surface area contributed by atoms with Gasteiger partial charge in [-0.2, -0.15) is 18.2 Å². The average molecular weight is 441 g/mol. The lowest BCUT2D eigenvalue weighted by Crippen LogP contribution is -2.22. The molecule has 0 saturated heterocycles. The highest BCUT2D eigenvalue weighted by Crippen LogP contribution is 2.30. The second kappa shape index (κ2) is 8.84. The molecule has 3 heterocycles. The number of rotatable bonds is 6. The molecule has 4 rings (SSSR count). The van der Waals surface area contributed by atoms with Gasteiger partial charge in [-0.05, 0) is 42.5 Å². The molecule has 11 heteroatoms. The fourth-order valence-corrected chi connectivity index (χ4v) is 2.61. The zero-order chi connectivity index (χ0) is 22.6. The molecule has 0 radical (unpaired) electrons. The molecule has 4 aromatic rings. The van der Waals surface area contributed by atoms with Gasteiger partial charge in [0, 0.05) is 35.8 Å². The predicted molar refractivity (Wildman–Crippen MR) is 104 cm³/mol. The van der Waals surface area contributed by atoms with E-state index in [1.165, 1.54) is 24.3 Å². The van der Waals surface area contributed by atoms with Gasteiger partial charge in [0.15, 0.2) is 0 Å². The molecule has 0 atom stereocenters. The van der Waals surface area contributed by atoms with Gasteiger partial charge in [0.25, 0.3) is 5.91 Å². The van der Waals surface area contributed by atoms with Gasteiger partial charge in [0.05, 0.1) is 12.1 Å². The fraction of sp³-hybridized carbons (Fsp3) is 0.0952. The number of pyridine rings is 2. The quantitative estimate of drug-likeness (QED) is 0.477. The lowest BCUT2D eigenvalue weighted by molar-refractivity contribution is -0.137. The minimum Gasteiger partial charge on any atom is -0.439 e. The monoisotopic (exact) mass is 441 g/mol. The number of halogens is 3. The van der Waals surface area contributed by atoms with Gasteiger partial charge in [0.2, 0.25) is 17.6 Å². The van der Waals surface area contributed by atoms with E-state index in [9.17, 15) is 18.0 Å². The largest absolute Gasteiger partial charge is 0.439 e. The van der Waals surface area contributed by atoms with Gasteiger partial charge >= 0.3 is 6.18 Å². The second-order valence-corrected chi connectivity index (χ2v) is 6.44. The number of nitrogens with zero attached hydrogens (tertiary/aromatic N) is 4. The van der Waals surface area contributed by atoms with E-state index in [0.717, 1.165) is 17.7 Å². The minimum absolute atomic E-state index is 0.00315. The van der Waals surface area contributed by atoms with E-state index in [0.29, 0.717) is 23.3 Å². The molecule has 3 aromatic heterocycles. The molecule has 32 heavy (non-hydrogen) atoms. The van der Waals surface area contributed by atoms with Gasteiger partial charge in [-0.3, -0.25) is 9.78 Å². The molecule has 0 bridgehead atoms. The first-order valence-electron chi connectivity index (χ1n) is 9.21. The smallest absolute Gasteiger partial charge is 0.417 e. The van der Waals surface area contributed by atoms with Gasteiger partial charge < -0.3 is 14.6 Å². The van der Waals surface area contributed by atoms with Gasteiger partial charge in [0.1, 0.15) is 5.75 Å². The number of amides is 1. The SMILES string of the molecule is O=C(NCc1nc(-c2ccncc2)no1)c1ccc(Oc2ccc(C(F)(F)F)cn2)cc1. The van der Waals surface area contributed by atoms with E-state index in [1.54, 1.807) is 24.5 Å². The molecule has 0 fully saturated rings. The summed E-state index contributed by atoms with van der Waals surface area (Å²) in [6.07, 6.45) is -0.570. The third kappa shape index (κ3) is 5.06. The van der Waals surface area contributed by atoms with Crippen LogP contribution in [0.5, 0.6) is 11.6 Å². The van der Waals surface area contributed by atoms with Crippen molar-refractivity contribution < 1.29 is 27.2 Å². The van der Waals surface area contributed by atoms with Crippen molar-refractivity contribution in [2.45, 2.75) is 12.7 Å². The Morgan fingerprint density at radius 1 is 1.03 bits per heavy atom. The van der Waals surface area contributed by atoms with E-state index >= 15 is 0 Å². The number of ether oxygens (including phenoxy) is 1. The number of hydrogen-bond acceptors (Lipinski definition) is 7. The van der Waals surface area contributed by atoms with Crippen molar-refractivity contribution in [3.8, 4) is 23.0 Å². The van der Waals surface area contributed by atoms with Crippen molar-refractivity contribution in [3.05, 3.63) is 84.1 Å². The van der Waals surface area contributed by atoms with Crippen LogP contribution < -0.4 is 10.1 Å². The maximum Gasteiger partial charge on any atom is 0.417 e. The first-order chi connectivity index (χ1) is 15.4. The molecule has 0 aliphatic carbocycles. The van der Waals surface area contributed by atoms with Gasteiger partial charge in [-0.1, -0.05) is 5.16 Å². The van der Waals surface area contributed by atoms with Crippen LogP contribution in [-0.2, 0) is 12.7 Å². The molecular formula is C21H14F3N5O3. The number of aromatic nitrogens is 4. The first-order valence-corrected chi connectivity index (χ1v) is 9.21. The molecule has 8 nitrogen and oxygen atoms in total. The Bertz CT molecular complexity index is 1190. The molecule has 0 saturated carbocycles. The average Bonchev–Trinajstić information content (AvgIpc) is 3.27. The normalized spacial score (nSPS) is 11.2. The van der Waals surface area contributed by atoms with E-state index < -0.39 is 11.7 Å². The van der Waals surface area contributed by atoms with Crippen LogP contribution in [0.3, 0.4) is 0 Å². The van der Waals surface area contributed by atoms with E-state index in [4.69, 9.17) is 9.26 Å². The molecule has 1 N–H and O–H groups in total. The zero-order valence-electron chi connectivity index (χ0n) is 16.2. The Labute approximate surface area is 179 Å². The number of alkyl halides is 3. The molecule has 0 unspecified atom stereocenters. The van der Waals surface area contributed by atoms with Crippen LogP contribution in [-0.4, -0.2) is 26.0 Å². The number of nitrogens with one attached hydrogen (secondary N) is 1. The summed E-state index contributed by atoms with van der Waals surface area (Å²) in [5.74, 6) is 0.547. The van der Waals surface area contributed by atoms with Crippen LogP contribution in [0.15, 0.2) is 71.6 Å². The summed E-state index contributed by atoms with van der Waals surface area (Å²) in [7, 11) is 0. The third-order valence-electron chi connectivity index (χ3n) is 4.21. The number of benzene rings is 1. The highest BCUT2D eigenvalue weighted by atomic mass is 19.4. The summed E-state index contributed by atoms with van der Waals surface area (Å²) in [5.41, 5.74) is 0.206. The standard InChI is InChI=1S/C21H14F3N5O3/c22-21(23,24)15-3-6-17(26-11-15)31-16-4-1-14(2-5-16)20(30)27-12-18-28-19(29-32-18)13-7-9-25-10-8-13/h1-11H,12H2,(H,27,30). The van der Waals surface area contributed by atoms with Gasteiger partial charge in [-0.25, -0.2) is 4.98 Å². The molecule has 1 aromatic carbocycles. The van der Waals surface area contributed by atoms with Crippen LogP contribution in [0, 0.1) is 0 Å². The van der Waals surface area contributed by atoms with E-state index in [1.807, 2.05) is 0 Å². The summed E-state index contributed by atoms with van der Waals surface area (Å²) in [4.78, 5) is 24.1. The van der Waals surface area contributed by atoms with Crippen LogP contribution >= 0.6 is 0 Å². The van der Waals surface area contributed by atoms with Crippen LogP contribution in [0.25, 0.3) is 11.4 Å². The summed E-state index contributed by atoms with van der Waals surface area (Å²) < 4.78 is 48.3. The van der Waals surface area contributed by atoms with Crippen LogP contribution in [0.4, 0.5) is 13.2 Å². The van der Waals surface area contributed by atoms with Crippen LogP contribution in [0.2, 0.25) is 0 Å². The van der Waals surface area contributed by atoms with Crippen molar-refractivity contribution in [1.82, 2.24) is 25.4 Å².